The van der Waals surface area contributed by atoms with E-state index in [0.29, 0.717) is 18.0 Å². The fourth-order valence-corrected chi connectivity index (χ4v) is 3.24. The smallest absolute Gasteiger partial charge is 0.251 e. The van der Waals surface area contributed by atoms with Crippen LogP contribution in [-0.4, -0.2) is 15.9 Å². The molecule has 110 valence electrons. The lowest BCUT2D eigenvalue weighted by Gasteiger charge is -2.07. The molecule has 1 aromatic carbocycles. The number of rotatable bonds is 4. The highest BCUT2D eigenvalue weighted by Gasteiger charge is 2.23. The van der Waals surface area contributed by atoms with Gasteiger partial charge in [0.05, 0.1) is 15.7 Å². The maximum Gasteiger partial charge on any atom is 0.251 e. The standard InChI is InChI=1S/C17H15N3OS/c21-17(13-3-4-15-16(6-13)22-10-20-15)19-8-11-5-14(9-18-7-11)12-1-2-12/h3-7,9-10,12H,1-2,8H2,(H,19,21). The number of nitrogens with one attached hydrogen (secondary N) is 1. The van der Waals surface area contributed by atoms with Gasteiger partial charge in [0.25, 0.3) is 5.91 Å². The van der Waals surface area contributed by atoms with E-state index in [-0.39, 0.29) is 5.91 Å². The van der Waals surface area contributed by atoms with E-state index in [0.717, 1.165) is 15.8 Å². The van der Waals surface area contributed by atoms with Crippen LogP contribution in [0.15, 0.2) is 42.2 Å². The fourth-order valence-electron chi connectivity index (χ4n) is 2.53. The zero-order valence-electron chi connectivity index (χ0n) is 12.0. The van der Waals surface area contributed by atoms with Gasteiger partial charge < -0.3 is 5.32 Å². The molecule has 4 rings (SSSR count). The molecule has 1 aliphatic rings. The Labute approximate surface area is 132 Å². The minimum Gasteiger partial charge on any atom is -0.348 e. The average Bonchev–Trinajstić information content (AvgIpc) is 3.30. The predicted octanol–water partition coefficient (Wildman–Crippen LogP) is 3.50. The van der Waals surface area contributed by atoms with Crippen molar-refractivity contribution in [2.24, 2.45) is 0 Å². The van der Waals surface area contributed by atoms with Crippen LogP contribution in [0.1, 0.15) is 40.2 Å². The minimum absolute atomic E-state index is 0.0628. The quantitative estimate of drug-likeness (QED) is 0.802. The largest absolute Gasteiger partial charge is 0.348 e. The van der Waals surface area contributed by atoms with Gasteiger partial charge in [-0.3, -0.25) is 9.78 Å². The molecule has 0 atom stereocenters. The number of carbonyl (C=O) groups excluding carboxylic acids is 1. The third-order valence-corrected chi connectivity index (χ3v) is 4.70. The molecule has 1 N–H and O–H groups in total. The number of carbonyl (C=O) groups is 1. The van der Waals surface area contributed by atoms with Crippen LogP contribution < -0.4 is 5.32 Å². The average molecular weight is 309 g/mol. The number of hydrogen-bond donors (Lipinski definition) is 1. The monoisotopic (exact) mass is 309 g/mol. The van der Waals surface area contributed by atoms with Crippen molar-refractivity contribution in [2.75, 3.05) is 0 Å². The van der Waals surface area contributed by atoms with Crippen LogP contribution in [0, 0.1) is 0 Å². The molecule has 1 aliphatic carbocycles. The Morgan fingerprint density at radius 2 is 2.18 bits per heavy atom. The van der Waals surface area contributed by atoms with Crippen molar-refractivity contribution in [1.82, 2.24) is 15.3 Å². The lowest BCUT2D eigenvalue weighted by Crippen LogP contribution is -2.22. The van der Waals surface area contributed by atoms with Gasteiger partial charge >= 0.3 is 0 Å². The first-order valence-electron chi connectivity index (χ1n) is 7.35. The molecule has 1 amide bonds. The molecule has 3 aromatic rings. The number of fused-ring (bicyclic) bond motifs is 1. The van der Waals surface area contributed by atoms with Crippen molar-refractivity contribution < 1.29 is 4.79 Å². The number of pyridine rings is 1. The third kappa shape index (κ3) is 2.72. The molecule has 0 aliphatic heterocycles. The van der Waals surface area contributed by atoms with Crippen molar-refractivity contribution >= 4 is 27.5 Å². The Balaban J connectivity index is 1.46. The summed E-state index contributed by atoms with van der Waals surface area (Å²) in [5.74, 6) is 0.615. The van der Waals surface area contributed by atoms with Gasteiger partial charge in [-0.2, -0.15) is 0 Å². The van der Waals surface area contributed by atoms with E-state index in [9.17, 15) is 4.79 Å². The molecular formula is C17H15N3OS. The predicted molar refractivity (Wildman–Crippen MR) is 87.0 cm³/mol. The number of aromatic nitrogens is 2. The van der Waals surface area contributed by atoms with E-state index in [4.69, 9.17) is 0 Å². The Bertz CT molecular complexity index is 839. The maximum atomic E-state index is 12.3. The van der Waals surface area contributed by atoms with E-state index in [1.807, 2.05) is 30.6 Å². The molecule has 2 aromatic heterocycles. The van der Waals surface area contributed by atoms with Crippen molar-refractivity contribution in [1.29, 1.82) is 0 Å². The van der Waals surface area contributed by atoms with Crippen LogP contribution in [0.2, 0.25) is 0 Å². The Morgan fingerprint density at radius 1 is 1.27 bits per heavy atom. The Morgan fingerprint density at radius 3 is 3.05 bits per heavy atom. The summed E-state index contributed by atoms with van der Waals surface area (Å²) >= 11 is 1.54. The zero-order valence-corrected chi connectivity index (χ0v) is 12.8. The second-order valence-corrected chi connectivity index (χ2v) is 6.50. The van der Waals surface area contributed by atoms with Gasteiger partial charge in [0.1, 0.15) is 0 Å². The molecule has 0 spiro atoms. The normalized spacial score (nSPS) is 14.2. The van der Waals surface area contributed by atoms with Gasteiger partial charge in [-0.05, 0) is 48.1 Å². The molecule has 4 nitrogen and oxygen atoms in total. The topological polar surface area (TPSA) is 54.9 Å². The van der Waals surface area contributed by atoms with E-state index in [2.05, 4.69) is 21.4 Å². The first-order valence-corrected chi connectivity index (χ1v) is 8.23. The Hall–Kier alpha value is -2.27. The highest BCUT2D eigenvalue weighted by molar-refractivity contribution is 7.16. The van der Waals surface area contributed by atoms with Gasteiger partial charge in [-0.1, -0.05) is 6.07 Å². The summed E-state index contributed by atoms with van der Waals surface area (Å²) < 4.78 is 1.03. The van der Waals surface area contributed by atoms with Crippen molar-refractivity contribution in [2.45, 2.75) is 25.3 Å². The lowest BCUT2D eigenvalue weighted by molar-refractivity contribution is 0.0951. The lowest BCUT2D eigenvalue weighted by atomic mass is 10.1. The first-order chi connectivity index (χ1) is 10.8. The molecule has 0 unspecified atom stereocenters. The number of nitrogens with zero attached hydrogens (tertiary/aromatic N) is 2. The van der Waals surface area contributed by atoms with Crippen molar-refractivity contribution in [3.05, 3.63) is 58.9 Å². The minimum atomic E-state index is -0.0628. The van der Waals surface area contributed by atoms with Crippen LogP contribution in [0.5, 0.6) is 0 Å². The van der Waals surface area contributed by atoms with Crippen LogP contribution in [0.25, 0.3) is 10.2 Å². The van der Waals surface area contributed by atoms with Gasteiger partial charge in [0.15, 0.2) is 0 Å². The Kier molecular flexibility index (Phi) is 3.35. The SMILES string of the molecule is O=C(NCc1cncc(C2CC2)c1)c1ccc2ncsc2c1. The van der Waals surface area contributed by atoms with Crippen LogP contribution in [-0.2, 0) is 6.54 Å². The molecule has 1 saturated carbocycles. The summed E-state index contributed by atoms with van der Waals surface area (Å²) in [7, 11) is 0. The molecule has 0 radical (unpaired) electrons. The van der Waals surface area contributed by atoms with Crippen LogP contribution in [0.3, 0.4) is 0 Å². The number of thiazole rings is 1. The van der Waals surface area contributed by atoms with Gasteiger partial charge in [-0.15, -0.1) is 11.3 Å². The number of benzene rings is 1. The third-order valence-electron chi connectivity index (χ3n) is 3.91. The van der Waals surface area contributed by atoms with Gasteiger partial charge in [0, 0.05) is 24.5 Å². The zero-order chi connectivity index (χ0) is 14.9. The van der Waals surface area contributed by atoms with Crippen molar-refractivity contribution in [3.63, 3.8) is 0 Å². The summed E-state index contributed by atoms with van der Waals surface area (Å²) in [5.41, 5.74) is 5.74. The van der Waals surface area contributed by atoms with E-state index >= 15 is 0 Å². The second-order valence-electron chi connectivity index (χ2n) is 5.62. The molecule has 2 heterocycles. The second kappa shape index (κ2) is 5.50. The summed E-state index contributed by atoms with van der Waals surface area (Å²) in [4.78, 5) is 20.8. The van der Waals surface area contributed by atoms with Crippen LogP contribution >= 0.6 is 11.3 Å². The number of amides is 1. The van der Waals surface area contributed by atoms with E-state index < -0.39 is 0 Å². The molecule has 1 fully saturated rings. The van der Waals surface area contributed by atoms with E-state index in [1.54, 1.807) is 16.8 Å². The molecule has 22 heavy (non-hydrogen) atoms. The van der Waals surface area contributed by atoms with Crippen LogP contribution in [0.4, 0.5) is 0 Å². The van der Waals surface area contributed by atoms with E-state index in [1.165, 1.54) is 18.4 Å². The molecular weight excluding hydrogens is 294 g/mol. The highest BCUT2D eigenvalue weighted by Crippen LogP contribution is 2.39. The molecule has 0 bridgehead atoms. The van der Waals surface area contributed by atoms with Gasteiger partial charge in [0.2, 0.25) is 0 Å². The summed E-state index contributed by atoms with van der Waals surface area (Å²) in [6, 6.07) is 7.74. The number of hydrogen-bond acceptors (Lipinski definition) is 4. The van der Waals surface area contributed by atoms with Gasteiger partial charge in [-0.25, -0.2) is 4.98 Å². The maximum absolute atomic E-state index is 12.3. The summed E-state index contributed by atoms with van der Waals surface area (Å²) in [6.45, 7) is 0.507. The summed E-state index contributed by atoms with van der Waals surface area (Å²) in [5, 5.41) is 2.96. The molecule has 0 saturated heterocycles. The molecule has 5 heteroatoms. The van der Waals surface area contributed by atoms with Crippen molar-refractivity contribution in [3.8, 4) is 0 Å². The first kappa shape index (κ1) is 13.4. The fraction of sp³-hybridized carbons (Fsp3) is 0.235. The summed E-state index contributed by atoms with van der Waals surface area (Å²) in [6.07, 6.45) is 6.26. The highest BCUT2D eigenvalue weighted by atomic mass is 32.1.